The van der Waals surface area contributed by atoms with Gasteiger partial charge in [-0.25, -0.2) is 10.2 Å². The van der Waals surface area contributed by atoms with Crippen LogP contribution in [0.3, 0.4) is 0 Å². The topological polar surface area (TPSA) is 110 Å². The van der Waals surface area contributed by atoms with Gasteiger partial charge in [-0.3, -0.25) is 4.79 Å². The van der Waals surface area contributed by atoms with Crippen LogP contribution in [0.15, 0.2) is 76.2 Å². The fraction of sp³-hybridized carbons (Fsp3) is 0.0800. The van der Waals surface area contributed by atoms with Crippen LogP contribution in [-0.2, 0) is 6.61 Å². The number of nitrogens with zero attached hydrogens (tertiary/aromatic N) is 1. The smallest absolute Gasteiger partial charge is 0.335 e. The highest BCUT2D eigenvalue weighted by Crippen LogP contribution is 2.34. The van der Waals surface area contributed by atoms with Gasteiger partial charge in [0.2, 0.25) is 0 Å². The number of fused-ring (bicyclic) bond motifs is 1. The number of hydrazone groups is 1. The summed E-state index contributed by atoms with van der Waals surface area (Å²) in [4.78, 5) is 23.5. The number of hydrogen-bond donors (Lipinski definition) is 2. The minimum atomic E-state index is -0.995. The average Bonchev–Trinajstić information content (AvgIpc) is 3.28. The maximum Gasteiger partial charge on any atom is 0.335 e. The molecule has 0 unspecified atom stereocenters. The van der Waals surface area contributed by atoms with E-state index in [2.05, 4.69) is 33.1 Å². The number of halogens is 1. The molecule has 4 rings (SSSR count). The molecular formula is C25H19IN2O6. The van der Waals surface area contributed by atoms with E-state index < -0.39 is 11.9 Å². The summed E-state index contributed by atoms with van der Waals surface area (Å²) in [5.41, 5.74) is 4.68. The Morgan fingerprint density at radius 1 is 1.12 bits per heavy atom. The zero-order valence-electron chi connectivity index (χ0n) is 17.9. The second-order valence-corrected chi connectivity index (χ2v) is 8.34. The third-order valence-corrected chi connectivity index (χ3v) is 5.64. The van der Waals surface area contributed by atoms with Gasteiger partial charge >= 0.3 is 11.9 Å². The first kappa shape index (κ1) is 23.3. The zero-order chi connectivity index (χ0) is 24.1. The fourth-order valence-corrected chi connectivity index (χ4v) is 4.00. The standard InChI is InChI=1S/C25H19IN2O6/c1-32-21-11-16(13-27-28-24(29)22-12-17-6-2-3-8-20(17)34-22)10-19(26)23(21)33-14-15-5-4-7-18(9-15)25(30)31/h2-13H,14H2,1H3,(H,28,29)(H,30,31)/b27-13+. The van der Waals surface area contributed by atoms with E-state index in [1.165, 1.54) is 19.4 Å². The van der Waals surface area contributed by atoms with Crippen LogP contribution in [-0.4, -0.2) is 30.3 Å². The number of methoxy groups -OCH3 is 1. The Balaban J connectivity index is 1.44. The summed E-state index contributed by atoms with van der Waals surface area (Å²) in [5, 5.41) is 14.0. The molecule has 1 aromatic heterocycles. The molecule has 172 valence electrons. The summed E-state index contributed by atoms with van der Waals surface area (Å²) in [6.45, 7) is 0.175. The van der Waals surface area contributed by atoms with Crippen molar-refractivity contribution in [2.75, 3.05) is 7.11 Å². The molecule has 1 amide bonds. The Morgan fingerprint density at radius 3 is 2.71 bits per heavy atom. The molecule has 0 radical (unpaired) electrons. The zero-order valence-corrected chi connectivity index (χ0v) is 20.1. The molecule has 0 fully saturated rings. The van der Waals surface area contributed by atoms with Gasteiger partial charge in [-0.2, -0.15) is 5.10 Å². The second-order valence-electron chi connectivity index (χ2n) is 7.18. The number of carbonyl (C=O) groups is 2. The lowest BCUT2D eigenvalue weighted by Crippen LogP contribution is -2.16. The molecular weight excluding hydrogens is 551 g/mol. The molecule has 0 saturated heterocycles. The van der Waals surface area contributed by atoms with Crippen molar-refractivity contribution >= 4 is 51.7 Å². The van der Waals surface area contributed by atoms with Crippen molar-refractivity contribution < 1.29 is 28.6 Å². The highest BCUT2D eigenvalue weighted by atomic mass is 127. The number of carboxylic acids is 1. The predicted octanol–water partition coefficient (Wildman–Crippen LogP) is 5.09. The molecule has 0 aliphatic rings. The van der Waals surface area contributed by atoms with E-state index in [1.54, 1.807) is 36.4 Å². The highest BCUT2D eigenvalue weighted by Gasteiger charge is 2.13. The van der Waals surface area contributed by atoms with Crippen molar-refractivity contribution in [1.29, 1.82) is 0 Å². The predicted molar refractivity (Wildman–Crippen MR) is 135 cm³/mol. The van der Waals surface area contributed by atoms with Crippen LogP contribution < -0.4 is 14.9 Å². The largest absolute Gasteiger partial charge is 0.493 e. The number of carbonyl (C=O) groups excluding carboxylic acids is 1. The van der Waals surface area contributed by atoms with E-state index >= 15 is 0 Å². The Kier molecular flexibility index (Phi) is 7.12. The molecule has 2 N–H and O–H groups in total. The molecule has 0 saturated carbocycles. The Hall–Kier alpha value is -3.86. The molecule has 3 aromatic carbocycles. The van der Waals surface area contributed by atoms with Crippen molar-refractivity contribution in [2.24, 2.45) is 5.10 Å². The van der Waals surface area contributed by atoms with E-state index in [0.717, 1.165) is 14.5 Å². The maximum atomic E-state index is 12.3. The summed E-state index contributed by atoms with van der Waals surface area (Å²) in [6.07, 6.45) is 1.49. The number of nitrogens with one attached hydrogen (secondary N) is 1. The van der Waals surface area contributed by atoms with E-state index in [1.807, 2.05) is 24.3 Å². The first-order valence-corrected chi connectivity index (χ1v) is 11.2. The third kappa shape index (κ3) is 5.37. The summed E-state index contributed by atoms with van der Waals surface area (Å²) >= 11 is 2.11. The number of ether oxygens (including phenoxy) is 2. The number of aromatic carboxylic acids is 1. The van der Waals surface area contributed by atoms with Gasteiger partial charge in [-0.05, 0) is 70.1 Å². The molecule has 9 heteroatoms. The van der Waals surface area contributed by atoms with Gasteiger partial charge in [0.25, 0.3) is 0 Å². The van der Waals surface area contributed by atoms with Crippen LogP contribution in [0, 0.1) is 3.57 Å². The summed E-state index contributed by atoms with van der Waals surface area (Å²) in [6, 6.07) is 19.1. The fourth-order valence-electron chi connectivity index (χ4n) is 3.22. The van der Waals surface area contributed by atoms with Gasteiger partial charge in [-0.15, -0.1) is 0 Å². The molecule has 4 aromatic rings. The highest BCUT2D eigenvalue weighted by molar-refractivity contribution is 14.1. The molecule has 0 atom stereocenters. The number of para-hydroxylation sites is 1. The Bertz CT molecular complexity index is 1360. The Morgan fingerprint density at radius 2 is 1.94 bits per heavy atom. The van der Waals surface area contributed by atoms with E-state index in [4.69, 9.17) is 19.0 Å². The molecule has 34 heavy (non-hydrogen) atoms. The summed E-state index contributed by atoms with van der Waals surface area (Å²) in [7, 11) is 1.52. The van der Waals surface area contributed by atoms with Crippen molar-refractivity contribution in [3.05, 3.63) is 92.8 Å². The van der Waals surface area contributed by atoms with Crippen molar-refractivity contribution in [1.82, 2.24) is 5.43 Å². The van der Waals surface area contributed by atoms with Crippen molar-refractivity contribution in [3.8, 4) is 11.5 Å². The summed E-state index contributed by atoms with van der Waals surface area (Å²) in [5.74, 6) is -0.289. The molecule has 0 spiro atoms. The molecule has 0 bridgehead atoms. The average molecular weight is 570 g/mol. The number of amides is 1. The number of carboxylic acid groups (broad SMARTS) is 1. The third-order valence-electron chi connectivity index (χ3n) is 4.84. The number of hydrogen-bond acceptors (Lipinski definition) is 6. The van der Waals surface area contributed by atoms with Crippen LogP contribution >= 0.6 is 22.6 Å². The number of rotatable bonds is 8. The van der Waals surface area contributed by atoms with Gasteiger partial charge < -0.3 is 19.0 Å². The minimum absolute atomic E-state index is 0.168. The first-order valence-electron chi connectivity index (χ1n) is 10.1. The quantitative estimate of drug-likeness (QED) is 0.174. The number of benzene rings is 3. The normalized spacial score (nSPS) is 11.0. The van der Waals surface area contributed by atoms with Crippen molar-refractivity contribution in [2.45, 2.75) is 6.61 Å². The SMILES string of the molecule is COc1cc(/C=N/NC(=O)c2cc3ccccc3o2)cc(I)c1OCc1cccc(C(=O)O)c1. The van der Waals surface area contributed by atoms with Gasteiger partial charge in [0.15, 0.2) is 17.3 Å². The van der Waals surface area contributed by atoms with Crippen LogP contribution in [0.5, 0.6) is 11.5 Å². The molecule has 0 aliphatic carbocycles. The Labute approximate surface area is 208 Å². The molecule has 8 nitrogen and oxygen atoms in total. The van der Waals surface area contributed by atoms with E-state index in [9.17, 15) is 9.59 Å². The van der Waals surface area contributed by atoms with Crippen LogP contribution in [0.2, 0.25) is 0 Å². The lowest BCUT2D eigenvalue weighted by Gasteiger charge is -2.14. The maximum absolute atomic E-state index is 12.3. The lowest BCUT2D eigenvalue weighted by molar-refractivity contribution is 0.0696. The van der Waals surface area contributed by atoms with Gasteiger partial charge in [0.1, 0.15) is 12.2 Å². The second kappa shape index (κ2) is 10.4. The monoisotopic (exact) mass is 570 g/mol. The lowest BCUT2D eigenvalue weighted by atomic mass is 10.1. The van der Waals surface area contributed by atoms with E-state index in [0.29, 0.717) is 22.6 Å². The van der Waals surface area contributed by atoms with Gasteiger partial charge in [-0.1, -0.05) is 30.3 Å². The minimum Gasteiger partial charge on any atom is -0.493 e. The first-order chi connectivity index (χ1) is 16.4. The van der Waals surface area contributed by atoms with Crippen LogP contribution in [0.25, 0.3) is 11.0 Å². The molecule has 1 heterocycles. The van der Waals surface area contributed by atoms with Crippen LogP contribution in [0.4, 0.5) is 0 Å². The van der Waals surface area contributed by atoms with Gasteiger partial charge in [0.05, 0.1) is 22.5 Å². The van der Waals surface area contributed by atoms with Crippen LogP contribution in [0.1, 0.15) is 32.0 Å². The molecule has 0 aliphatic heterocycles. The number of furan rings is 1. The van der Waals surface area contributed by atoms with E-state index in [-0.39, 0.29) is 17.9 Å². The van der Waals surface area contributed by atoms with Gasteiger partial charge in [0, 0.05) is 5.39 Å². The van der Waals surface area contributed by atoms with Crippen molar-refractivity contribution in [3.63, 3.8) is 0 Å². The summed E-state index contributed by atoms with van der Waals surface area (Å²) < 4.78 is 17.7.